The first-order valence-corrected chi connectivity index (χ1v) is 8.66. The van der Waals surface area contributed by atoms with Gasteiger partial charge in [0.25, 0.3) is 0 Å². The predicted octanol–water partition coefficient (Wildman–Crippen LogP) is 3.85. The van der Waals surface area contributed by atoms with Crippen molar-refractivity contribution in [1.82, 2.24) is 20.0 Å². The topological polar surface area (TPSA) is 95.9 Å². The van der Waals surface area contributed by atoms with Gasteiger partial charge >= 0.3 is 0 Å². The van der Waals surface area contributed by atoms with Crippen LogP contribution in [0.1, 0.15) is 5.76 Å². The second-order valence-electron chi connectivity index (χ2n) is 5.13. The lowest BCUT2D eigenvalue weighted by Gasteiger charge is -2.00. The molecule has 0 aliphatic rings. The molecular weight excluding hydrogens is 362 g/mol. The molecule has 7 nitrogen and oxygen atoms in total. The van der Waals surface area contributed by atoms with Crippen LogP contribution in [0.25, 0.3) is 22.8 Å². The zero-order chi connectivity index (χ0) is 17.2. The molecule has 0 fully saturated rings. The normalized spacial score (nSPS) is 11.1. The number of hydrogen-bond donors (Lipinski definition) is 1. The van der Waals surface area contributed by atoms with Crippen LogP contribution in [-0.2, 0) is 5.75 Å². The van der Waals surface area contributed by atoms with E-state index in [0.29, 0.717) is 33.3 Å². The monoisotopic (exact) mass is 373 g/mol. The van der Waals surface area contributed by atoms with E-state index in [4.69, 9.17) is 26.4 Å². The summed E-state index contributed by atoms with van der Waals surface area (Å²) in [4.78, 5) is 0. The zero-order valence-corrected chi connectivity index (χ0v) is 14.4. The van der Waals surface area contributed by atoms with E-state index in [1.807, 2.05) is 30.3 Å². The van der Waals surface area contributed by atoms with Crippen LogP contribution in [-0.4, -0.2) is 20.0 Å². The summed E-state index contributed by atoms with van der Waals surface area (Å²) < 4.78 is 12.0. The Kier molecular flexibility index (Phi) is 4.21. The van der Waals surface area contributed by atoms with Crippen LogP contribution in [0.4, 0.5) is 0 Å². The van der Waals surface area contributed by atoms with Crippen molar-refractivity contribution in [3.8, 4) is 22.8 Å². The van der Waals surface area contributed by atoms with Crippen molar-refractivity contribution in [1.29, 1.82) is 0 Å². The molecule has 0 unspecified atom stereocenters. The number of rotatable bonds is 5. The van der Waals surface area contributed by atoms with E-state index in [2.05, 4.69) is 15.4 Å². The Bertz CT molecular complexity index is 979. The Morgan fingerprint density at radius 3 is 2.76 bits per heavy atom. The van der Waals surface area contributed by atoms with Gasteiger partial charge in [0.15, 0.2) is 5.76 Å². The molecule has 126 valence electrons. The molecule has 0 radical (unpaired) electrons. The van der Waals surface area contributed by atoms with Crippen LogP contribution in [0.15, 0.2) is 62.8 Å². The number of benzene rings is 1. The highest BCUT2D eigenvalue weighted by Crippen LogP contribution is 2.27. The van der Waals surface area contributed by atoms with E-state index in [1.54, 1.807) is 18.4 Å². The Morgan fingerprint density at radius 2 is 2.00 bits per heavy atom. The van der Waals surface area contributed by atoms with Crippen molar-refractivity contribution < 1.29 is 8.94 Å². The van der Waals surface area contributed by atoms with Crippen molar-refractivity contribution in [2.24, 2.45) is 0 Å². The molecule has 0 aliphatic heterocycles. The third-order valence-corrected chi connectivity index (χ3v) is 4.67. The number of aromatic nitrogens is 4. The summed E-state index contributed by atoms with van der Waals surface area (Å²) in [5, 5.41) is 13.4. The molecule has 3 aromatic heterocycles. The number of furan rings is 1. The van der Waals surface area contributed by atoms with E-state index >= 15 is 0 Å². The minimum absolute atomic E-state index is 0.465. The standard InChI is InChI=1S/C16H12ClN5O2S/c17-11-5-3-10(4-6-11)13-8-12(24-21-13)9-25-16-20-19-15(22(16)18)14-2-1-7-23-14/h1-8H,9,18H2. The fourth-order valence-corrected chi connectivity index (χ4v) is 3.08. The molecule has 1 aromatic carbocycles. The van der Waals surface area contributed by atoms with E-state index in [1.165, 1.54) is 16.4 Å². The first-order chi connectivity index (χ1) is 12.2. The van der Waals surface area contributed by atoms with E-state index in [9.17, 15) is 0 Å². The predicted molar refractivity (Wildman–Crippen MR) is 94.4 cm³/mol. The molecule has 0 bridgehead atoms. The second kappa shape index (κ2) is 6.66. The van der Waals surface area contributed by atoms with Gasteiger partial charge < -0.3 is 14.8 Å². The maximum absolute atomic E-state index is 6.02. The number of nitrogens with zero attached hydrogens (tertiary/aromatic N) is 4. The molecule has 0 aliphatic carbocycles. The summed E-state index contributed by atoms with van der Waals surface area (Å²) in [6.07, 6.45) is 1.56. The molecule has 0 saturated heterocycles. The number of nitrogen functional groups attached to an aromatic ring is 1. The highest BCUT2D eigenvalue weighted by atomic mass is 35.5. The number of hydrogen-bond acceptors (Lipinski definition) is 7. The van der Waals surface area contributed by atoms with Crippen molar-refractivity contribution in [2.75, 3.05) is 5.84 Å². The molecule has 4 rings (SSSR count). The molecule has 0 spiro atoms. The van der Waals surface area contributed by atoms with Gasteiger partial charge in [0, 0.05) is 16.7 Å². The third-order valence-electron chi connectivity index (χ3n) is 3.45. The quantitative estimate of drug-likeness (QED) is 0.419. The minimum Gasteiger partial charge on any atom is -0.461 e. The minimum atomic E-state index is 0.465. The molecule has 0 saturated carbocycles. The fourth-order valence-electron chi connectivity index (χ4n) is 2.22. The molecule has 3 heterocycles. The summed E-state index contributed by atoms with van der Waals surface area (Å²) >= 11 is 7.29. The van der Waals surface area contributed by atoms with Crippen LogP contribution in [0.3, 0.4) is 0 Å². The Hall–Kier alpha value is -2.71. The maximum atomic E-state index is 6.02. The lowest BCUT2D eigenvalue weighted by molar-refractivity contribution is 0.397. The van der Waals surface area contributed by atoms with Crippen molar-refractivity contribution in [3.63, 3.8) is 0 Å². The molecule has 0 atom stereocenters. The van der Waals surface area contributed by atoms with Crippen molar-refractivity contribution in [3.05, 3.63) is 59.5 Å². The molecule has 25 heavy (non-hydrogen) atoms. The fraction of sp³-hybridized carbons (Fsp3) is 0.0625. The summed E-state index contributed by atoms with van der Waals surface area (Å²) in [5.41, 5.74) is 1.68. The average molecular weight is 374 g/mol. The van der Waals surface area contributed by atoms with Crippen LogP contribution < -0.4 is 5.84 Å². The summed E-state index contributed by atoms with van der Waals surface area (Å²) in [6, 6.07) is 12.8. The largest absolute Gasteiger partial charge is 0.461 e. The smallest absolute Gasteiger partial charge is 0.218 e. The molecule has 4 aromatic rings. The highest BCUT2D eigenvalue weighted by molar-refractivity contribution is 7.98. The van der Waals surface area contributed by atoms with E-state index in [-0.39, 0.29) is 0 Å². The Labute approximate surface area is 151 Å². The van der Waals surface area contributed by atoms with Crippen LogP contribution in [0.5, 0.6) is 0 Å². The second-order valence-corrected chi connectivity index (χ2v) is 6.51. The summed E-state index contributed by atoms with van der Waals surface area (Å²) in [5.74, 6) is 8.28. The van der Waals surface area contributed by atoms with Gasteiger partial charge in [-0.3, -0.25) is 0 Å². The van der Waals surface area contributed by atoms with Gasteiger partial charge in [0.2, 0.25) is 11.0 Å². The SMILES string of the molecule is Nn1c(SCc2cc(-c3ccc(Cl)cc3)no2)nnc1-c1ccco1. The van der Waals surface area contributed by atoms with Crippen molar-refractivity contribution in [2.45, 2.75) is 10.9 Å². The van der Waals surface area contributed by atoms with Gasteiger partial charge in [-0.1, -0.05) is 40.7 Å². The Balaban J connectivity index is 1.46. The lowest BCUT2D eigenvalue weighted by atomic mass is 10.1. The zero-order valence-electron chi connectivity index (χ0n) is 12.8. The lowest BCUT2D eigenvalue weighted by Crippen LogP contribution is -2.11. The van der Waals surface area contributed by atoms with Gasteiger partial charge in [-0.15, -0.1) is 10.2 Å². The van der Waals surface area contributed by atoms with Gasteiger partial charge in [0.1, 0.15) is 11.5 Å². The van der Waals surface area contributed by atoms with E-state index < -0.39 is 0 Å². The molecule has 2 N–H and O–H groups in total. The maximum Gasteiger partial charge on any atom is 0.218 e. The third kappa shape index (κ3) is 3.26. The van der Waals surface area contributed by atoms with Gasteiger partial charge in [-0.25, -0.2) is 4.68 Å². The highest BCUT2D eigenvalue weighted by Gasteiger charge is 2.15. The molecule has 0 amide bonds. The average Bonchev–Trinajstić information content (AvgIpc) is 3.34. The first kappa shape index (κ1) is 15.8. The van der Waals surface area contributed by atoms with Gasteiger partial charge in [-0.2, -0.15) is 0 Å². The van der Waals surface area contributed by atoms with Crippen LogP contribution >= 0.6 is 23.4 Å². The van der Waals surface area contributed by atoms with Crippen LogP contribution in [0.2, 0.25) is 5.02 Å². The van der Waals surface area contributed by atoms with Crippen molar-refractivity contribution >= 4 is 23.4 Å². The molecular formula is C16H12ClN5O2S. The Morgan fingerprint density at radius 1 is 1.16 bits per heavy atom. The van der Waals surface area contributed by atoms with Gasteiger partial charge in [-0.05, 0) is 24.3 Å². The van der Waals surface area contributed by atoms with Crippen LogP contribution in [0, 0.1) is 0 Å². The van der Waals surface area contributed by atoms with E-state index in [0.717, 1.165) is 11.3 Å². The number of thioether (sulfide) groups is 1. The molecule has 9 heteroatoms. The first-order valence-electron chi connectivity index (χ1n) is 7.29. The number of halogens is 1. The van der Waals surface area contributed by atoms with Gasteiger partial charge in [0.05, 0.1) is 12.0 Å². The number of nitrogens with two attached hydrogens (primary N) is 1. The summed E-state index contributed by atoms with van der Waals surface area (Å²) in [7, 11) is 0. The summed E-state index contributed by atoms with van der Waals surface area (Å²) in [6.45, 7) is 0.